The Kier molecular flexibility index (Phi) is 5.79. The molecule has 0 bridgehead atoms. The van der Waals surface area contributed by atoms with Crippen molar-refractivity contribution < 1.29 is 9.53 Å². The van der Waals surface area contributed by atoms with Gasteiger partial charge in [-0.2, -0.15) is 0 Å². The van der Waals surface area contributed by atoms with E-state index in [2.05, 4.69) is 41.9 Å². The average molecular weight is 376 g/mol. The number of amides is 2. The first-order valence-electron chi connectivity index (χ1n) is 9.02. The lowest BCUT2D eigenvalue weighted by Gasteiger charge is -2.19. The Hall–Kier alpha value is -3.54. The van der Waals surface area contributed by atoms with Crippen molar-refractivity contribution in [3.63, 3.8) is 0 Å². The van der Waals surface area contributed by atoms with E-state index in [0.717, 1.165) is 11.4 Å². The number of benzene rings is 2. The number of carbonyl (C=O) groups excluding carboxylic acids is 1. The molecule has 0 aliphatic heterocycles. The molecule has 6 nitrogen and oxygen atoms in total. The van der Waals surface area contributed by atoms with Gasteiger partial charge in [-0.25, -0.2) is 4.79 Å². The quantitative estimate of drug-likeness (QED) is 0.527. The van der Waals surface area contributed by atoms with Crippen molar-refractivity contribution in [2.45, 2.75) is 26.2 Å². The summed E-state index contributed by atoms with van der Waals surface area (Å²) < 4.78 is 5.70. The second-order valence-electron chi connectivity index (χ2n) is 7.34. The van der Waals surface area contributed by atoms with Gasteiger partial charge in [-0.15, -0.1) is 0 Å². The molecule has 0 spiro atoms. The third-order valence-electron chi connectivity index (χ3n) is 4.07. The van der Waals surface area contributed by atoms with Gasteiger partial charge in [0.15, 0.2) is 0 Å². The summed E-state index contributed by atoms with van der Waals surface area (Å²) >= 11 is 0. The van der Waals surface area contributed by atoms with Crippen LogP contribution in [0.5, 0.6) is 11.5 Å². The van der Waals surface area contributed by atoms with Crippen LogP contribution in [-0.2, 0) is 5.41 Å². The van der Waals surface area contributed by atoms with Gasteiger partial charge in [0.1, 0.15) is 11.5 Å². The maximum Gasteiger partial charge on any atom is 0.337 e. The topological polar surface area (TPSA) is 75.3 Å². The molecule has 144 valence electrons. The molecule has 0 unspecified atom stereocenters. The second kappa shape index (κ2) is 8.43. The number of urea groups is 1. The molecule has 0 saturated carbocycles. The van der Waals surface area contributed by atoms with E-state index in [1.54, 1.807) is 24.5 Å². The van der Waals surface area contributed by atoms with E-state index < -0.39 is 0 Å². The first kappa shape index (κ1) is 19.2. The van der Waals surface area contributed by atoms with E-state index in [9.17, 15) is 4.79 Å². The predicted molar refractivity (Wildman–Crippen MR) is 112 cm³/mol. The SMILES string of the molecule is CC(C)(C)c1ccc(NC(=O)NNc2ccc(Oc3ccncc3)cc2)cc1. The molecule has 2 aromatic carbocycles. The summed E-state index contributed by atoms with van der Waals surface area (Å²) in [5.74, 6) is 1.41. The third kappa shape index (κ3) is 5.48. The zero-order valence-corrected chi connectivity index (χ0v) is 16.2. The third-order valence-corrected chi connectivity index (χ3v) is 4.07. The van der Waals surface area contributed by atoms with Gasteiger partial charge in [-0.1, -0.05) is 32.9 Å². The number of carbonyl (C=O) groups is 1. The van der Waals surface area contributed by atoms with Crippen LogP contribution in [0.2, 0.25) is 0 Å². The summed E-state index contributed by atoms with van der Waals surface area (Å²) in [5.41, 5.74) is 8.24. The van der Waals surface area contributed by atoms with Crippen LogP contribution in [-0.4, -0.2) is 11.0 Å². The molecule has 0 atom stereocenters. The van der Waals surface area contributed by atoms with E-state index in [1.807, 2.05) is 48.5 Å². The fourth-order valence-corrected chi connectivity index (χ4v) is 2.49. The molecule has 0 fully saturated rings. The Morgan fingerprint density at radius 3 is 2.00 bits per heavy atom. The molecule has 0 saturated heterocycles. The minimum atomic E-state index is -0.347. The summed E-state index contributed by atoms with van der Waals surface area (Å²) in [6.45, 7) is 6.46. The van der Waals surface area contributed by atoms with E-state index >= 15 is 0 Å². The Morgan fingerprint density at radius 1 is 0.821 bits per heavy atom. The van der Waals surface area contributed by atoms with Gasteiger partial charge in [0, 0.05) is 18.1 Å². The van der Waals surface area contributed by atoms with Crippen molar-refractivity contribution in [3.8, 4) is 11.5 Å². The first-order chi connectivity index (χ1) is 13.4. The molecule has 0 aliphatic carbocycles. The Balaban J connectivity index is 1.49. The van der Waals surface area contributed by atoms with Crippen molar-refractivity contribution in [2.24, 2.45) is 0 Å². The van der Waals surface area contributed by atoms with Gasteiger partial charge in [0.25, 0.3) is 0 Å². The molecule has 1 aromatic heterocycles. The number of anilines is 2. The first-order valence-corrected chi connectivity index (χ1v) is 9.02. The maximum atomic E-state index is 12.1. The van der Waals surface area contributed by atoms with Crippen LogP contribution >= 0.6 is 0 Å². The van der Waals surface area contributed by atoms with Crippen molar-refractivity contribution >= 4 is 17.4 Å². The molecule has 0 aliphatic rings. The highest BCUT2D eigenvalue weighted by Gasteiger charge is 2.13. The van der Waals surface area contributed by atoms with Crippen molar-refractivity contribution in [3.05, 3.63) is 78.6 Å². The lowest BCUT2D eigenvalue weighted by atomic mass is 9.87. The summed E-state index contributed by atoms with van der Waals surface area (Å²) in [6, 6.07) is 18.3. The number of hydrogen-bond donors (Lipinski definition) is 3. The highest BCUT2D eigenvalue weighted by atomic mass is 16.5. The molecule has 3 rings (SSSR count). The molecule has 1 heterocycles. The van der Waals surface area contributed by atoms with Crippen LogP contribution in [0.1, 0.15) is 26.3 Å². The maximum absolute atomic E-state index is 12.1. The molecular weight excluding hydrogens is 352 g/mol. The summed E-state index contributed by atoms with van der Waals surface area (Å²) in [5, 5.41) is 2.79. The summed E-state index contributed by atoms with van der Waals surface area (Å²) in [7, 11) is 0. The largest absolute Gasteiger partial charge is 0.457 e. The number of hydrogen-bond acceptors (Lipinski definition) is 4. The molecule has 28 heavy (non-hydrogen) atoms. The molecule has 3 N–H and O–H groups in total. The van der Waals surface area contributed by atoms with Crippen LogP contribution in [0.15, 0.2) is 73.1 Å². The van der Waals surface area contributed by atoms with Gasteiger partial charge in [-0.3, -0.25) is 15.8 Å². The van der Waals surface area contributed by atoms with Gasteiger partial charge >= 0.3 is 6.03 Å². The van der Waals surface area contributed by atoms with Gasteiger partial charge in [0.05, 0.1) is 5.69 Å². The number of pyridine rings is 1. The van der Waals surface area contributed by atoms with Crippen molar-refractivity contribution in [1.82, 2.24) is 10.4 Å². The molecule has 0 radical (unpaired) electrons. The number of aromatic nitrogens is 1. The van der Waals surface area contributed by atoms with E-state index in [4.69, 9.17) is 4.74 Å². The van der Waals surface area contributed by atoms with Crippen LogP contribution in [0.25, 0.3) is 0 Å². The zero-order valence-electron chi connectivity index (χ0n) is 16.2. The van der Waals surface area contributed by atoms with Crippen molar-refractivity contribution in [2.75, 3.05) is 10.7 Å². The van der Waals surface area contributed by atoms with Crippen LogP contribution < -0.4 is 20.9 Å². The number of rotatable bonds is 5. The summed E-state index contributed by atoms with van der Waals surface area (Å²) in [6.07, 6.45) is 3.34. The predicted octanol–water partition coefficient (Wildman–Crippen LogP) is 5.32. The smallest absolute Gasteiger partial charge is 0.337 e. The normalized spacial score (nSPS) is 10.8. The number of nitrogens with one attached hydrogen (secondary N) is 3. The van der Waals surface area contributed by atoms with E-state index in [1.165, 1.54) is 5.56 Å². The van der Waals surface area contributed by atoms with Gasteiger partial charge < -0.3 is 10.1 Å². The number of hydrazine groups is 1. The van der Waals surface area contributed by atoms with E-state index in [-0.39, 0.29) is 11.4 Å². The standard InChI is InChI=1S/C22H24N4O2/c1-22(2,3)16-4-6-17(7-5-16)24-21(27)26-25-18-8-10-19(11-9-18)28-20-12-14-23-15-13-20/h4-15,25H,1-3H3,(H2,24,26,27). The van der Waals surface area contributed by atoms with Crippen molar-refractivity contribution in [1.29, 1.82) is 0 Å². The second-order valence-corrected chi connectivity index (χ2v) is 7.34. The fraction of sp³-hybridized carbons (Fsp3) is 0.182. The monoisotopic (exact) mass is 376 g/mol. The fourth-order valence-electron chi connectivity index (χ4n) is 2.49. The van der Waals surface area contributed by atoms with Crippen LogP contribution in [0, 0.1) is 0 Å². The van der Waals surface area contributed by atoms with Crippen LogP contribution in [0.4, 0.5) is 16.2 Å². The number of nitrogens with zero attached hydrogens (tertiary/aromatic N) is 1. The van der Waals surface area contributed by atoms with E-state index in [0.29, 0.717) is 11.5 Å². The minimum Gasteiger partial charge on any atom is -0.457 e. The molecule has 6 heteroatoms. The Bertz CT molecular complexity index is 902. The van der Waals surface area contributed by atoms with Gasteiger partial charge in [0.2, 0.25) is 0 Å². The highest BCUT2D eigenvalue weighted by molar-refractivity contribution is 5.90. The molecular formula is C22H24N4O2. The van der Waals surface area contributed by atoms with Crippen LogP contribution in [0.3, 0.4) is 0 Å². The molecule has 3 aromatic rings. The zero-order chi connectivity index (χ0) is 20.0. The molecule has 2 amide bonds. The highest BCUT2D eigenvalue weighted by Crippen LogP contribution is 2.24. The Morgan fingerprint density at radius 2 is 1.39 bits per heavy atom. The number of ether oxygens (including phenoxy) is 1. The Labute approximate surface area is 164 Å². The lowest BCUT2D eigenvalue weighted by Crippen LogP contribution is -2.33. The minimum absolute atomic E-state index is 0.0790. The van der Waals surface area contributed by atoms with Gasteiger partial charge in [-0.05, 0) is 59.5 Å². The lowest BCUT2D eigenvalue weighted by molar-refractivity contribution is 0.254. The average Bonchev–Trinajstić information content (AvgIpc) is 2.68. The summed E-state index contributed by atoms with van der Waals surface area (Å²) in [4.78, 5) is 16.0.